The van der Waals surface area contributed by atoms with Crippen molar-refractivity contribution in [1.82, 2.24) is 5.32 Å². The summed E-state index contributed by atoms with van der Waals surface area (Å²) in [5.74, 6) is -2.57. The topological polar surface area (TPSA) is 117 Å². The number of esters is 2. The van der Waals surface area contributed by atoms with Gasteiger partial charge in [-0.25, -0.2) is 14.0 Å². The summed E-state index contributed by atoms with van der Waals surface area (Å²) >= 11 is 0. The smallest absolute Gasteiger partial charge is 0.336 e. The number of carbonyl (C=O) groups is 2. The second kappa shape index (κ2) is 9.29. The van der Waals surface area contributed by atoms with Crippen LogP contribution in [0, 0.1) is 5.82 Å². The molecule has 0 amide bonds. The number of nitrogens with two attached hydrogens (primary N) is 2. The normalized spacial score (nSPS) is 14.9. The van der Waals surface area contributed by atoms with Gasteiger partial charge in [0.2, 0.25) is 0 Å². The van der Waals surface area contributed by atoms with Crippen LogP contribution < -0.4 is 16.8 Å². The van der Waals surface area contributed by atoms with Crippen LogP contribution in [0.4, 0.5) is 4.39 Å². The molecule has 0 unspecified atom stereocenters. The quantitative estimate of drug-likeness (QED) is 0.609. The van der Waals surface area contributed by atoms with Gasteiger partial charge in [-0.3, -0.25) is 0 Å². The lowest BCUT2D eigenvalue weighted by Crippen LogP contribution is -2.33. The second-order valence-corrected chi connectivity index (χ2v) is 6.04. The van der Waals surface area contributed by atoms with Crippen molar-refractivity contribution in [3.05, 3.63) is 58.2 Å². The van der Waals surface area contributed by atoms with Crippen LogP contribution in [0.5, 0.6) is 0 Å². The third kappa shape index (κ3) is 4.72. The Morgan fingerprint density at radius 1 is 1.04 bits per heavy atom. The van der Waals surface area contributed by atoms with Crippen LogP contribution in [0.1, 0.15) is 25.3 Å². The van der Waals surface area contributed by atoms with Gasteiger partial charge in [0.15, 0.2) is 0 Å². The molecule has 1 aliphatic rings. The Morgan fingerprint density at radius 2 is 1.56 bits per heavy atom. The molecule has 0 fully saturated rings. The van der Waals surface area contributed by atoms with Crippen molar-refractivity contribution in [3.63, 3.8) is 0 Å². The summed E-state index contributed by atoms with van der Waals surface area (Å²) in [4.78, 5) is 25.3. The molecule has 1 aromatic carbocycles. The molecular formula is C19H24FN3O4. The van der Waals surface area contributed by atoms with Crippen molar-refractivity contribution < 1.29 is 23.5 Å². The molecule has 1 aliphatic heterocycles. The van der Waals surface area contributed by atoms with E-state index in [2.05, 4.69) is 5.32 Å². The summed E-state index contributed by atoms with van der Waals surface area (Å²) in [6.45, 7) is 3.77. The Labute approximate surface area is 157 Å². The molecule has 0 atom stereocenters. The minimum atomic E-state index is -0.836. The Morgan fingerprint density at radius 3 is 2.00 bits per heavy atom. The van der Waals surface area contributed by atoms with Crippen LogP contribution >= 0.6 is 0 Å². The molecule has 0 bridgehead atoms. The first-order valence-electron chi connectivity index (χ1n) is 8.59. The molecule has 0 aliphatic carbocycles. The highest BCUT2D eigenvalue weighted by Crippen LogP contribution is 2.39. The number of dihydropyridines is 1. The average molecular weight is 377 g/mol. The molecule has 1 heterocycles. The first-order valence-corrected chi connectivity index (χ1v) is 8.59. The molecule has 27 heavy (non-hydrogen) atoms. The maximum Gasteiger partial charge on any atom is 0.336 e. The number of allylic oxidation sites excluding steroid dienone is 2. The number of carbonyl (C=O) groups excluding carboxylic acids is 2. The van der Waals surface area contributed by atoms with Crippen molar-refractivity contribution >= 4 is 11.9 Å². The van der Waals surface area contributed by atoms with Gasteiger partial charge in [0.05, 0.1) is 17.1 Å². The molecule has 2 rings (SSSR count). The number of hydrogen-bond donors (Lipinski definition) is 3. The lowest BCUT2D eigenvalue weighted by molar-refractivity contribution is -0.139. The summed E-state index contributed by atoms with van der Waals surface area (Å²) < 4.78 is 24.2. The lowest BCUT2D eigenvalue weighted by atomic mass is 9.80. The Bertz CT molecular complexity index is 747. The molecule has 0 saturated carbocycles. The number of hydrogen-bond acceptors (Lipinski definition) is 7. The van der Waals surface area contributed by atoms with Crippen LogP contribution in [0.2, 0.25) is 0 Å². The van der Waals surface area contributed by atoms with Crippen molar-refractivity contribution in [2.24, 2.45) is 11.5 Å². The van der Waals surface area contributed by atoms with Crippen molar-refractivity contribution in [2.75, 3.05) is 26.3 Å². The molecule has 0 radical (unpaired) electrons. The second-order valence-electron chi connectivity index (χ2n) is 6.04. The van der Waals surface area contributed by atoms with E-state index in [1.165, 1.54) is 18.2 Å². The minimum absolute atomic E-state index is 0.0289. The van der Waals surface area contributed by atoms with Crippen LogP contribution in [-0.2, 0) is 19.1 Å². The maximum atomic E-state index is 13.9. The average Bonchev–Trinajstić information content (AvgIpc) is 2.63. The summed E-state index contributed by atoms with van der Waals surface area (Å²) in [7, 11) is 0. The van der Waals surface area contributed by atoms with Gasteiger partial charge in [0, 0.05) is 24.5 Å². The van der Waals surface area contributed by atoms with Crippen LogP contribution in [0.3, 0.4) is 0 Å². The maximum absolute atomic E-state index is 13.9. The highest BCUT2D eigenvalue weighted by Gasteiger charge is 2.38. The zero-order chi connectivity index (χ0) is 20.0. The molecule has 8 heteroatoms. The van der Waals surface area contributed by atoms with Gasteiger partial charge in [-0.1, -0.05) is 12.1 Å². The van der Waals surface area contributed by atoms with E-state index < -0.39 is 23.7 Å². The fourth-order valence-corrected chi connectivity index (χ4v) is 3.01. The Balaban J connectivity index is 2.56. The van der Waals surface area contributed by atoms with E-state index >= 15 is 0 Å². The lowest BCUT2D eigenvalue weighted by Gasteiger charge is -2.30. The fourth-order valence-electron chi connectivity index (χ4n) is 3.01. The molecule has 0 saturated heterocycles. The van der Waals surface area contributed by atoms with Gasteiger partial charge < -0.3 is 26.3 Å². The van der Waals surface area contributed by atoms with Crippen LogP contribution in [0.15, 0.2) is 46.8 Å². The molecule has 0 spiro atoms. The molecule has 0 aromatic heterocycles. The summed E-state index contributed by atoms with van der Waals surface area (Å²) in [6, 6.07) is 5.73. The first-order chi connectivity index (χ1) is 12.9. The van der Waals surface area contributed by atoms with E-state index in [0.717, 1.165) is 0 Å². The molecule has 1 aromatic rings. The van der Waals surface area contributed by atoms with Crippen LogP contribution in [0.25, 0.3) is 0 Å². The van der Waals surface area contributed by atoms with E-state index in [1.807, 2.05) is 0 Å². The number of benzene rings is 1. The summed E-state index contributed by atoms with van der Waals surface area (Å²) in [5, 5.41) is 3.01. The van der Waals surface area contributed by atoms with E-state index in [9.17, 15) is 14.0 Å². The van der Waals surface area contributed by atoms with Crippen molar-refractivity contribution in [3.8, 4) is 0 Å². The van der Waals surface area contributed by atoms with Crippen molar-refractivity contribution in [2.45, 2.75) is 19.8 Å². The predicted octanol–water partition coefficient (Wildman–Crippen LogP) is 1.06. The Kier molecular flexibility index (Phi) is 7.09. The van der Waals surface area contributed by atoms with Gasteiger partial charge in [0.1, 0.15) is 19.0 Å². The van der Waals surface area contributed by atoms with Gasteiger partial charge >= 0.3 is 11.9 Å². The molecule has 7 nitrogen and oxygen atoms in total. The third-order valence-corrected chi connectivity index (χ3v) is 4.08. The molecule has 5 N–H and O–H groups in total. The highest BCUT2D eigenvalue weighted by atomic mass is 19.1. The van der Waals surface area contributed by atoms with Gasteiger partial charge in [0.25, 0.3) is 0 Å². The fraction of sp³-hybridized carbons (Fsp3) is 0.368. The zero-order valence-electron chi connectivity index (χ0n) is 15.4. The first kappa shape index (κ1) is 20.6. The predicted molar refractivity (Wildman–Crippen MR) is 97.7 cm³/mol. The van der Waals surface area contributed by atoms with E-state index in [0.29, 0.717) is 17.0 Å². The molecule has 146 valence electrons. The number of nitrogens with one attached hydrogen (secondary N) is 1. The number of ether oxygens (including phenoxy) is 2. The monoisotopic (exact) mass is 377 g/mol. The van der Waals surface area contributed by atoms with Gasteiger partial charge in [-0.05, 0) is 31.5 Å². The zero-order valence-corrected chi connectivity index (χ0v) is 15.4. The highest BCUT2D eigenvalue weighted by molar-refractivity contribution is 5.99. The van der Waals surface area contributed by atoms with E-state index in [1.54, 1.807) is 19.9 Å². The molecular weight excluding hydrogens is 353 g/mol. The van der Waals surface area contributed by atoms with Crippen molar-refractivity contribution in [1.29, 1.82) is 0 Å². The van der Waals surface area contributed by atoms with E-state index in [4.69, 9.17) is 20.9 Å². The minimum Gasteiger partial charge on any atom is -0.461 e. The van der Waals surface area contributed by atoms with E-state index in [-0.39, 0.29) is 37.4 Å². The SMILES string of the molecule is CC1=C(C(=O)OCCN)C(c2cccc(F)c2)C(C(=O)OCCN)=C(C)N1. The summed E-state index contributed by atoms with van der Waals surface area (Å²) in [5.41, 5.74) is 12.7. The number of halogens is 1. The van der Waals surface area contributed by atoms with Gasteiger partial charge in [-0.15, -0.1) is 0 Å². The van der Waals surface area contributed by atoms with Crippen LogP contribution in [-0.4, -0.2) is 38.2 Å². The van der Waals surface area contributed by atoms with Gasteiger partial charge in [-0.2, -0.15) is 0 Å². The Hall–Kier alpha value is -2.71. The largest absolute Gasteiger partial charge is 0.461 e. The standard InChI is InChI=1S/C19H24FN3O4/c1-11-15(18(24)26-8-6-21)17(13-4-3-5-14(20)10-13)16(12(2)23-11)19(25)27-9-7-22/h3-5,10,17,23H,6-9,21-22H2,1-2H3. The third-order valence-electron chi connectivity index (χ3n) is 4.08. The summed E-state index contributed by atoms with van der Waals surface area (Å²) in [6.07, 6.45) is 0. The number of rotatable bonds is 7.